The topological polar surface area (TPSA) is 47.8 Å². The summed E-state index contributed by atoms with van der Waals surface area (Å²) in [6, 6.07) is 0. The fourth-order valence-electron chi connectivity index (χ4n) is 3.11. The molecule has 2 unspecified atom stereocenters. The van der Waals surface area contributed by atoms with Gasteiger partial charge in [-0.25, -0.2) is 0 Å². The van der Waals surface area contributed by atoms with Crippen molar-refractivity contribution in [2.45, 2.75) is 45.8 Å². The molecule has 0 aromatic carbocycles. The first-order chi connectivity index (χ1) is 9.61. The van der Waals surface area contributed by atoms with Crippen LogP contribution in [-0.2, 0) is 24.8 Å². The molecule has 1 aliphatic rings. The van der Waals surface area contributed by atoms with E-state index in [1.807, 2.05) is 11.7 Å². The van der Waals surface area contributed by atoms with Crippen molar-refractivity contribution in [1.29, 1.82) is 0 Å². The standard InChI is InChI=1S/C14H22N4OS/c1-4-5-11-12-13(17(3)16-11)18(14(20)15-12)8-10-6-7-19-9(10)2/h9-10H,4-8H2,1-3H3,(H,15,20). The third-order valence-corrected chi connectivity index (χ3v) is 4.58. The van der Waals surface area contributed by atoms with Gasteiger partial charge in [-0.15, -0.1) is 0 Å². The van der Waals surface area contributed by atoms with Gasteiger partial charge in [0.1, 0.15) is 5.52 Å². The number of nitrogens with zero attached hydrogens (tertiary/aromatic N) is 3. The first-order valence-electron chi connectivity index (χ1n) is 7.37. The molecule has 1 saturated heterocycles. The Kier molecular flexibility index (Phi) is 3.69. The summed E-state index contributed by atoms with van der Waals surface area (Å²) in [6.45, 7) is 6.09. The zero-order valence-corrected chi connectivity index (χ0v) is 13.2. The van der Waals surface area contributed by atoms with Crippen molar-refractivity contribution >= 4 is 23.4 Å². The molecule has 5 nitrogen and oxygen atoms in total. The molecule has 3 rings (SSSR count). The summed E-state index contributed by atoms with van der Waals surface area (Å²) in [5.41, 5.74) is 3.33. The van der Waals surface area contributed by atoms with Crippen LogP contribution in [0, 0.1) is 10.7 Å². The summed E-state index contributed by atoms with van der Waals surface area (Å²) in [5.74, 6) is 0.533. The number of H-pyrrole nitrogens is 1. The molecule has 1 aliphatic heterocycles. The summed E-state index contributed by atoms with van der Waals surface area (Å²) in [6.07, 6.45) is 3.49. The number of aromatic amines is 1. The van der Waals surface area contributed by atoms with Gasteiger partial charge < -0.3 is 14.3 Å². The van der Waals surface area contributed by atoms with Crippen LogP contribution in [0.4, 0.5) is 0 Å². The summed E-state index contributed by atoms with van der Waals surface area (Å²) < 4.78 is 10.6. The third kappa shape index (κ3) is 2.20. The molecule has 20 heavy (non-hydrogen) atoms. The summed E-state index contributed by atoms with van der Waals surface area (Å²) in [7, 11) is 2.00. The van der Waals surface area contributed by atoms with Crippen LogP contribution in [0.2, 0.25) is 0 Å². The van der Waals surface area contributed by atoms with Gasteiger partial charge in [0.2, 0.25) is 0 Å². The second kappa shape index (κ2) is 5.33. The third-order valence-electron chi connectivity index (χ3n) is 4.26. The monoisotopic (exact) mass is 294 g/mol. The van der Waals surface area contributed by atoms with Gasteiger partial charge in [-0.1, -0.05) is 13.3 Å². The van der Waals surface area contributed by atoms with Gasteiger partial charge in [-0.05, 0) is 32.0 Å². The van der Waals surface area contributed by atoms with Gasteiger partial charge in [0.15, 0.2) is 10.4 Å². The molecule has 0 spiro atoms. The number of aryl methyl sites for hydroxylation is 2. The van der Waals surface area contributed by atoms with E-state index in [4.69, 9.17) is 17.0 Å². The second-order valence-corrected chi connectivity index (χ2v) is 6.07. The highest BCUT2D eigenvalue weighted by atomic mass is 32.1. The molecule has 2 aromatic heterocycles. The molecule has 0 amide bonds. The van der Waals surface area contributed by atoms with E-state index in [9.17, 15) is 0 Å². The van der Waals surface area contributed by atoms with E-state index in [0.29, 0.717) is 12.0 Å². The van der Waals surface area contributed by atoms with E-state index in [-0.39, 0.29) is 0 Å². The lowest BCUT2D eigenvalue weighted by Crippen LogP contribution is -2.18. The zero-order chi connectivity index (χ0) is 14.3. The Bertz CT molecular complexity index is 669. The number of imidazole rings is 1. The smallest absolute Gasteiger partial charge is 0.179 e. The second-order valence-electron chi connectivity index (χ2n) is 5.68. The quantitative estimate of drug-likeness (QED) is 0.882. The predicted molar refractivity (Wildman–Crippen MR) is 81.4 cm³/mol. The summed E-state index contributed by atoms with van der Waals surface area (Å²) in [4.78, 5) is 3.34. The number of fused-ring (bicyclic) bond motifs is 1. The van der Waals surface area contributed by atoms with E-state index in [2.05, 4.69) is 28.5 Å². The van der Waals surface area contributed by atoms with Crippen molar-refractivity contribution < 1.29 is 4.74 Å². The minimum Gasteiger partial charge on any atom is -0.378 e. The van der Waals surface area contributed by atoms with Crippen molar-refractivity contribution in [2.75, 3.05) is 6.61 Å². The summed E-state index contributed by atoms with van der Waals surface area (Å²) in [5, 5.41) is 4.62. The predicted octanol–water partition coefficient (Wildman–Crippen LogP) is 2.81. The SMILES string of the molecule is CCCc1nn(C)c2c1[nH]c(=S)n2CC1CCOC1C. The van der Waals surface area contributed by atoms with Crippen molar-refractivity contribution in [3.05, 3.63) is 10.5 Å². The molecule has 2 atom stereocenters. The Balaban J connectivity index is 2.02. The lowest BCUT2D eigenvalue weighted by Gasteiger charge is -2.15. The average Bonchev–Trinajstić information content (AvgIpc) is 3.02. The van der Waals surface area contributed by atoms with Crippen LogP contribution in [0.25, 0.3) is 11.2 Å². The van der Waals surface area contributed by atoms with Crippen molar-refractivity contribution in [3.63, 3.8) is 0 Å². The van der Waals surface area contributed by atoms with E-state index < -0.39 is 0 Å². The van der Waals surface area contributed by atoms with Gasteiger partial charge in [0.05, 0.1) is 11.8 Å². The Labute approximate surface area is 123 Å². The molecule has 2 aromatic rings. The molecule has 1 fully saturated rings. The van der Waals surface area contributed by atoms with Crippen molar-refractivity contribution in [3.8, 4) is 0 Å². The first-order valence-corrected chi connectivity index (χ1v) is 7.78. The number of hydrogen-bond acceptors (Lipinski definition) is 3. The van der Waals surface area contributed by atoms with Gasteiger partial charge in [-0.3, -0.25) is 4.68 Å². The first kappa shape index (κ1) is 13.8. The maximum absolute atomic E-state index is 5.66. The maximum atomic E-state index is 5.66. The maximum Gasteiger partial charge on any atom is 0.179 e. The largest absolute Gasteiger partial charge is 0.378 e. The normalized spacial score (nSPS) is 22.9. The van der Waals surface area contributed by atoms with Gasteiger partial charge in [0, 0.05) is 26.1 Å². The fourth-order valence-corrected chi connectivity index (χ4v) is 3.37. The van der Waals surface area contributed by atoms with E-state index >= 15 is 0 Å². The number of rotatable bonds is 4. The van der Waals surface area contributed by atoms with Crippen LogP contribution in [0.5, 0.6) is 0 Å². The average molecular weight is 294 g/mol. The lowest BCUT2D eigenvalue weighted by molar-refractivity contribution is 0.102. The number of hydrogen-bond donors (Lipinski definition) is 1. The van der Waals surface area contributed by atoms with Crippen molar-refractivity contribution in [1.82, 2.24) is 19.3 Å². The minimum atomic E-state index is 0.310. The molecule has 1 N–H and O–H groups in total. The highest BCUT2D eigenvalue weighted by molar-refractivity contribution is 7.71. The Morgan fingerprint density at radius 1 is 1.50 bits per heavy atom. The molecule has 0 saturated carbocycles. The van der Waals surface area contributed by atoms with E-state index in [0.717, 1.165) is 54.0 Å². The van der Waals surface area contributed by atoms with Crippen molar-refractivity contribution in [2.24, 2.45) is 13.0 Å². The van der Waals surface area contributed by atoms with Crippen LogP contribution in [0.15, 0.2) is 0 Å². The number of nitrogens with one attached hydrogen (secondary N) is 1. The Morgan fingerprint density at radius 3 is 2.95 bits per heavy atom. The molecule has 6 heteroatoms. The van der Waals surface area contributed by atoms with Crippen LogP contribution >= 0.6 is 12.2 Å². The molecular weight excluding hydrogens is 272 g/mol. The van der Waals surface area contributed by atoms with Crippen LogP contribution < -0.4 is 0 Å². The molecular formula is C14H22N4OS. The molecule has 0 aliphatic carbocycles. The minimum absolute atomic E-state index is 0.310. The summed E-state index contributed by atoms with van der Waals surface area (Å²) >= 11 is 5.51. The number of ether oxygens (including phenoxy) is 1. The van der Waals surface area contributed by atoms with Crippen LogP contribution in [-0.4, -0.2) is 32.0 Å². The van der Waals surface area contributed by atoms with Crippen LogP contribution in [0.1, 0.15) is 32.4 Å². The van der Waals surface area contributed by atoms with E-state index in [1.54, 1.807) is 0 Å². The molecule has 0 bridgehead atoms. The fraction of sp³-hybridized carbons (Fsp3) is 0.714. The highest BCUT2D eigenvalue weighted by Crippen LogP contribution is 2.25. The molecule has 0 radical (unpaired) electrons. The Morgan fingerprint density at radius 2 is 2.30 bits per heavy atom. The van der Waals surface area contributed by atoms with Gasteiger partial charge >= 0.3 is 0 Å². The lowest BCUT2D eigenvalue weighted by atomic mass is 10.0. The highest BCUT2D eigenvalue weighted by Gasteiger charge is 2.26. The molecule has 110 valence electrons. The number of aromatic nitrogens is 4. The van der Waals surface area contributed by atoms with Crippen LogP contribution in [0.3, 0.4) is 0 Å². The van der Waals surface area contributed by atoms with Gasteiger partial charge in [0.25, 0.3) is 0 Å². The van der Waals surface area contributed by atoms with E-state index in [1.165, 1.54) is 0 Å². The Hall–Kier alpha value is -1.14. The zero-order valence-electron chi connectivity index (χ0n) is 12.3. The molecule has 3 heterocycles. The van der Waals surface area contributed by atoms with Gasteiger partial charge in [-0.2, -0.15) is 5.10 Å².